The molecule has 0 aromatic heterocycles. The van der Waals surface area contributed by atoms with Gasteiger partial charge in [-0.1, -0.05) is 160 Å². The van der Waals surface area contributed by atoms with Crippen LogP contribution in [0.4, 0.5) is 11.4 Å². The molecule has 3 heteroatoms. The zero-order valence-electron chi connectivity index (χ0n) is 28.6. The molecule has 0 N–H and O–H groups in total. The SMILES string of the molecule is CCC/C=C/C(C=Nc1cccc(CCCCCCCCCCC)c1)=Nc1cccc(CCCCCCCCCCC)c1.[Ni]. The fraction of sp³-hybridized carbons (Fsp3) is 0.610. The molecule has 0 aliphatic rings. The average Bonchev–Trinajstić information content (AvgIpc) is 3.02. The minimum atomic E-state index is 0. The van der Waals surface area contributed by atoms with E-state index < -0.39 is 0 Å². The molecule has 248 valence electrons. The van der Waals surface area contributed by atoms with E-state index in [1.807, 2.05) is 6.21 Å². The molecule has 2 rings (SSSR count). The third kappa shape index (κ3) is 20.9. The molecule has 0 fully saturated rings. The summed E-state index contributed by atoms with van der Waals surface area (Å²) in [6, 6.07) is 17.5. The average molecular weight is 644 g/mol. The van der Waals surface area contributed by atoms with Gasteiger partial charge in [0.1, 0.15) is 0 Å². The largest absolute Gasteiger partial charge is 0.255 e. The van der Waals surface area contributed by atoms with Crippen molar-refractivity contribution in [2.24, 2.45) is 9.98 Å². The van der Waals surface area contributed by atoms with Crippen LogP contribution in [0, 0.1) is 0 Å². The fourth-order valence-corrected chi connectivity index (χ4v) is 5.62. The smallest absolute Gasteiger partial charge is 0.0816 e. The van der Waals surface area contributed by atoms with E-state index >= 15 is 0 Å². The summed E-state index contributed by atoms with van der Waals surface area (Å²) in [6.07, 6.45) is 35.4. The van der Waals surface area contributed by atoms with Gasteiger partial charge in [0.25, 0.3) is 0 Å². The van der Waals surface area contributed by atoms with Gasteiger partial charge in [-0.05, 0) is 73.6 Å². The first-order chi connectivity index (χ1) is 21.2. The van der Waals surface area contributed by atoms with Crippen LogP contribution in [0.2, 0.25) is 0 Å². The van der Waals surface area contributed by atoms with Crippen LogP contribution in [-0.4, -0.2) is 11.9 Å². The van der Waals surface area contributed by atoms with Crippen molar-refractivity contribution < 1.29 is 16.5 Å². The zero-order chi connectivity index (χ0) is 30.6. The molecule has 0 bridgehead atoms. The number of allylic oxidation sites excluding steroid dienone is 2. The van der Waals surface area contributed by atoms with E-state index in [0.29, 0.717) is 0 Å². The Balaban J connectivity index is 0.00000968. The Kier molecular flexibility index (Phi) is 25.9. The second-order valence-electron chi connectivity index (χ2n) is 12.5. The maximum Gasteiger partial charge on any atom is 0.0816 e. The topological polar surface area (TPSA) is 24.7 Å². The Bertz CT molecular complexity index is 1040. The minimum Gasteiger partial charge on any atom is -0.255 e. The van der Waals surface area contributed by atoms with Gasteiger partial charge in [-0.15, -0.1) is 0 Å². The Labute approximate surface area is 282 Å². The summed E-state index contributed by atoms with van der Waals surface area (Å²) < 4.78 is 0. The molecule has 0 amide bonds. The summed E-state index contributed by atoms with van der Waals surface area (Å²) in [7, 11) is 0. The number of nitrogens with zero attached hydrogens (tertiary/aromatic N) is 2. The van der Waals surface area contributed by atoms with Gasteiger partial charge in [-0.25, -0.2) is 4.99 Å². The van der Waals surface area contributed by atoms with Crippen LogP contribution in [0.3, 0.4) is 0 Å². The van der Waals surface area contributed by atoms with Crippen LogP contribution in [0.15, 0.2) is 70.7 Å². The Morgan fingerprint density at radius 3 is 1.50 bits per heavy atom. The van der Waals surface area contributed by atoms with E-state index in [0.717, 1.165) is 42.8 Å². The van der Waals surface area contributed by atoms with Crippen molar-refractivity contribution >= 4 is 23.3 Å². The van der Waals surface area contributed by atoms with Crippen molar-refractivity contribution in [2.75, 3.05) is 0 Å². The van der Waals surface area contributed by atoms with Gasteiger partial charge in [0.15, 0.2) is 0 Å². The molecular formula is C41H64N2Ni. The molecule has 2 aromatic rings. The maximum absolute atomic E-state index is 5.00. The molecular weight excluding hydrogens is 579 g/mol. The van der Waals surface area contributed by atoms with Crippen LogP contribution >= 0.6 is 0 Å². The Hall–Kier alpha value is -1.99. The number of aryl methyl sites for hydroxylation is 2. The molecule has 0 spiro atoms. The van der Waals surface area contributed by atoms with Gasteiger partial charge in [0, 0.05) is 16.5 Å². The van der Waals surface area contributed by atoms with Crippen molar-refractivity contribution in [2.45, 2.75) is 162 Å². The normalized spacial score (nSPS) is 11.9. The number of benzene rings is 2. The second kappa shape index (κ2) is 28.5. The van der Waals surface area contributed by atoms with Crippen LogP contribution < -0.4 is 0 Å². The third-order valence-corrected chi connectivity index (χ3v) is 8.31. The summed E-state index contributed by atoms with van der Waals surface area (Å²) in [6.45, 7) is 6.79. The van der Waals surface area contributed by atoms with Crippen molar-refractivity contribution in [3.63, 3.8) is 0 Å². The van der Waals surface area contributed by atoms with E-state index in [4.69, 9.17) is 9.98 Å². The molecule has 0 aliphatic carbocycles. The Morgan fingerprint density at radius 2 is 1.00 bits per heavy atom. The van der Waals surface area contributed by atoms with Gasteiger partial charge >= 0.3 is 0 Å². The number of rotatable bonds is 26. The van der Waals surface area contributed by atoms with Crippen LogP contribution in [0.5, 0.6) is 0 Å². The fourth-order valence-electron chi connectivity index (χ4n) is 5.62. The van der Waals surface area contributed by atoms with Crippen LogP contribution in [0.25, 0.3) is 0 Å². The van der Waals surface area contributed by atoms with E-state index in [-0.39, 0.29) is 16.5 Å². The van der Waals surface area contributed by atoms with Crippen molar-refractivity contribution in [1.29, 1.82) is 0 Å². The van der Waals surface area contributed by atoms with Crippen LogP contribution in [-0.2, 0) is 29.3 Å². The zero-order valence-corrected chi connectivity index (χ0v) is 29.6. The first-order valence-corrected chi connectivity index (χ1v) is 18.2. The summed E-state index contributed by atoms with van der Waals surface area (Å²) >= 11 is 0. The van der Waals surface area contributed by atoms with E-state index in [2.05, 4.69) is 81.5 Å². The molecule has 0 radical (unpaired) electrons. The Morgan fingerprint density at radius 1 is 0.545 bits per heavy atom. The number of unbranched alkanes of at least 4 members (excludes halogenated alkanes) is 17. The van der Waals surface area contributed by atoms with Crippen molar-refractivity contribution in [3.05, 3.63) is 71.8 Å². The predicted molar refractivity (Wildman–Crippen MR) is 194 cm³/mol. The maximum atomic E-state index is 5.00. The first-order valence-electron chi connectivity index (χ1n) is 18.2. The molecule has 0 atom stereocenters. The molecule has 0 heterocycles. The summed E-state index contributed by atoms with van der Waals surface area (Å²) in [5, 5.41) is 0. The van der Waals surface area contributed by atoms with Crippen LogP contribution in [0.1, 0.15) is 160 Å². The quantitative estimate of drug-likeness (QED) is 0.0554. The molecule has 44 heavy (non-hydrogen) atoms. The van der Waals surface area contributed by atoms with Gasteiger partial charge in [0.2, 0.25) is 0 Å². The summed E-state index contributed by atoms with van der Waals surface area (Å²) in [5.74, 6) is 0. The summed E-state index contributed by atoms with van der Waals surface area (Å²) in [4.78, 5) is 9.86. The monoisotopic (exact) mass is 642 g/mol. The van der Waals surface area contributed by atoms with Gasteiger partial charge in [-0.2, -0.15) is 0 Å². The third-order valence-electron chi connectivity index (χ3n) is 8.31. The molecule has 0 aliphatic heterocycles. The molecule has 2 nitrogen and oxygen atoms in total. The molecule has 0 saturated heterocycles. The van der Waals surface area contributed by atoms with Gasteiger partial charge in [-0.3, -0.25) is 4.99 Å². The number of aliphatic imine (C=N–C) groups is 2. The van der Waals surface area contributed by atoms with Crippen molar-refractivity contribution in [1.82, 2.24) is 0 Å². The standard InChI is InChI=1S/C41H64N2.Ni/c1-4-7-10-12-14-16-18-20-23-27-37-29-25-32-39(34-37)42-36-41(31-22-9-6-3)43-40-33-26-30-38(35-40)28-24-21-19-17-15-13-11-8-5-2;/h22,25-26,29-36H,4-21,23-24,27-28H2,1-3H3;/b31-22+,42-36?,43-41?;. The number of hydrogen-bond acceptors (Lipinski definition) is 2. The molecule has 2 aromatic carbocycles. The molecule has 0 saturated carbocycles. The van der Waals surface area contributed by atoms with Gasteiger partial charge < -0.3 is 0 Å². The van der Waals surface area contributed by atoms with E-state index in [9.17, 15) is 0 Å². The predicted octanol–water partition coefficient (Wildman–Crippen LogP) is 13.7. The number of hydrogen-bond donors (Lipinski definition) is 0. The summed E-state index contributed by atoms with van der Waals surface area (Å²) in [5.41, 5.74) is 5.74. The first kappa shape index (κ1) is 40.0. The van der Waals surface area contributed by atoms with E-state index in [1.54, 1.807) is 0 Å². The second-order valence-corrected chi connectivity index (χ2v) is 12.5. The molecule has 0 unspecified atom stereocenters. The minimum absolute atomic E-state index is 0. The van der Waals surface area contributed by atoms with Crippen molar-refractivity contribution in [3.8, 4) is 0 Å². The van der Waals surface area contributed by atoms with E-state index in [1.165, 1.54) is 127 Å². The van der Waals surface area contributed by atoms with Gasteiger partial charge in [0.05, 0.1) is 23.3 Å².